The quantitative estimate of drug-likeness (QED) is 0.831. The van der Waals surface area contributed by atoms with Crippen LogP contribution < -0.4 is 5.73 Å². The van der Waals surface area contributed by atoms with Gasteiger partial charge in [0.25, 0.3) is 0 Å². The van der Waals surface area contributed by atoms with Gasteiger partial charge in [-0.1, -0.05) is 42.0 Å². The maximum atomic E-state index is 11.9. The number of hydrogen-bond acceptors (Lipinski definition) is 2. The van der Waals surface area contributed by atoms with Crippen molar-refractivity contribution in [2.75, 3.05) is 5.73 Å². The molecule has 0 bridgehead atoms. The van der Waals surface area contributed by atoms with Crippen molar-refractivity contribution < 1.29 is 4.79 Å². The van der Waals surface area contributed by atoms with Crippen molar-refractivity contribution in [3.8, 4) is 0 Å². The Hall–Kier alpha value is -2.09. The van der Waals surface area contributed by atoms with Crippen LogP contribution >= 0.6 is 0 Å². The fraction of sp³-hybridized carbons (Fsp3) is 0.235. The second kappa shape index (κ2) is 6.19. The largest absolute Gasteiger partial charge is 0.399 e. The van der Waals surface area contributed by atoms with Gasteiger partial charge >= 0.3 is 0 Å². The van der Waals surface area contributed by atoms with Crippen LogP contribution in [0.15, 0.2) is 48.5 Å². The first kappa shape index (κ1) is 13.3. The van der Waals surface area contributed by atoms with Crippen LogP contribution in [0, 0.1) is 6.92 Å². The van der Waals surface area contributed by atoms with E-state index in [1.165, 1.54) is 5.56 Å². The minimum Gasteiger partial charge on any atom is -0.399 e. The van der Waals surface area contributed by atoms with Crippen LogP contribution in [0.2, 0.25) is 0 Å². The summed E-state index contributed by atoms with van der Waals surface area (Å²) in [6.45, 7) is 2.04. The number of rotatable bonds is 5. The number of anilines is 1. The van der Waals surface area contributed by atoms with E-state index in [0.29, 0.717) is 12.8 Å². The molecule has 0 heterocycles. The van der Waals surface area contributed by atoms with Crippen LogP contribution in [0.25, 0.3) is 0 Å². The van der Waals surface area contributed by atoms with E-state index >= 15 is 0 Å². The van der Waals surface area contributed by atoms with Crippen molar-refractivity contribution in [3.05, 3.63) is 65.2 Å². The van der Waals surface area contributed by atoms with Gasteiger partial charge in [-0.25, -0.2) is 0 Å². The Labute approximate surface area is 114 Å². The smallest absolute Gasteiger partial charge is 0.137 e. The molecule has 19 heavy (non-hydrogen) atoms. The van der Waals surface area contributed by atoms with E-state index in [9.17, 15) is 4.79 Å². The topological polar surface area (TPSA) is 43.1 Å². The molecule has 0 amide bonds. The molecular formula is C17H19NO. The highest BCUT2D eigenvalue weighted by atomic mass is 16.1. The minimum atomic E-state index is 0.280. The Kier molecular flexibility index (Phi) is 4.35. The van der Waals surface area contributed by atoms with E-state index in [2.05, 4.69) is 6.07 Å². The average molecular weight is 253 g/mol. The molecule has 0 unspecified atom stereocenters. The van der Waals surface area contributed by atoms with E-state index in [1.807, 2.05) is 49.4 Å². The molecule has 2 nitrogen and oxygen atoms in total. The number of Topliss-reactive ketones (excluding diaryl/α,β-unsaturated/α-hetero) is 1. The number of carbonyl (C=O) groups is 1. The van der Waals surface area contributed by atoms with Gasteiger partial charge in [-0.15, -0.1) is 0 Å². The molecule has 0 aliphatic heterocycles. The molecule has 0 aromatic heterocycles. The van der Waals surface area contributed by atoms with E-state index < -0.39 is 0 Å². The molecule has 2 N–H and O–H groups in total. The molecule has 2 aromatic rings. The number of hydrogen-bond donors (Lipinski definition) is 1. The number of aryl methyl sites for hydroxylation is 2. The molecule has 0 aliphatic carbocycles. The maximum absolute atomic E-state index is 11.9. The number of nitrogen functional groups attached to an aromatic ring is 1. The summed E-state index contributed by atoms with van der Waals surface area (Å²) in [5.41, 5.74) is 9.85. The molecule has 98 valence electrons. The standard InChI is InChI=1S/C17H19NO/c1-13-3-2-4-15(11-13)12-17(19)10-7-14-5-8-16(18)9-6-14/h2-6,8-9,11H,7,10,12,18H2,1H3. The Morgan fingerprint density at radius 1 is 1.05 bits per heavy atom. The highest BCUT2D eigenvalue weighted by Gasteiger charge is 2.04. The van der Waals surface area contributed by atoms with E-state index in [1.54, 1.807) is 0 Å². The summed E-state index contributed by atoms with van der Waals surface area (Å²) >= 11 is 0. The highest BCUT2D eigenvalue weighted by Crippen LogP contribution is 2.10. The van der Waals surface area contributed by atoms with Crippen molar-refractivity contribution in [2.45, 2.75) is 26.2 Å². The van der Waals surface area contributed by atoms with Gasteiger partial charge in [0.05, 0.1) is 0 Å². The van der Waals surface area contributed by atoms with E-state index in [4.69, 9.17) is 5.73 Å². The van der Waals surface area contributed by atoms with E-state index in [0.717, 1.165) is 23.2 Å². The van der Waals surface area contributed by atoms with Crippen molar-refractivity contribution in [1.29, 1.82) is 0 Å². The van der Waals surface area contributed by atoms with Crippen LogP contribution in [0.3, 0.4) is 0 Å². The van der Waals surface area contributed by atoms with Crippen molar-refractivity contribution >= 4 is 11.5 Å². The second-order valence-electron chi connectivity index (χ2n) is 4.95. The first-order valence-corrected chi connectivity index (χ1v) is 6.55. The molecule has 0 saturated carbocycles. The molecule has 0 saturated heterocycles. The summed E-state index contributed by atoms with van der Waals surface area (Å²) in [6.07, 6.45) is 1.89. The number of carbonyl (C=O) groups excluding carboxylic acids is 1. The third kappa shape index (κ3) is 4.25. The Morgan fingerprint density at radius 2 is 1.79 bits per heavy atom. The molecule has 0 radical (unpaired) electrons. The van der Waals surface area contributed by atoms with Gasteiger partial charge in [0, 0.05) is 18.5 Å². The summed E-state index contributed by atoms with van der Waals surface area (Å²) in [7, 11) is 0. The molecule has 0 fully saturated rings. The van der Waals surface area contributed by atoms with Crippen LogP contribution in [0.4, 0.5) is 5.69 Å². The van der Waals surface area contributed by atoms with Gasteiger partial charge in [-0.2, -0.15) is 0 Å². The lowest BCUT2D eigenvalue weighted by atomic mass is 10.0. The molecule has 0 spiro atoms. The van der Waals surface area contributed by atoms with Crippen LogP contribution in [0.1, 0.15) is 23.1 Å². The van der Waals surface area contributed by atoms with Gasteiger partial charge in [0.15, 0.2) is 0 Å². The molecule has 2 rings (SSSR count). The van der Waals surface area contributed by atoms with Crippen LogP contribution in [-0.2, 0) is 17.6 Å². The minimum absolute atomic E-state index is 0.280. The summed E-state index contributed by atoms with van der Waals surface area (Å²) in [6, 6.07) is 15.8. The second-order valence-corrected chi connectivity index (χ2v) is 4.95. The fourth-order valence-electron chi connectivity index (χ4n) is 2.11. The first-order valence-electron chi connectivity index (χ1n) is 6.55. The summed E-state index contributed by atoms with van der Waals surface area (Å²) < 4.78 is 0. The third-order valence-electron chi connectivity index (χ3n) is 3.16. The van der Waals surface area contributed by atoms with Gasteiger partial charge in [0.2, 0.25) is 0 Å². The Bertz CT molecular complexity index is 558. The predicted octanol–water partition coefficient (Wildman–Crippen LogP) is 3.32. The van der Waals surface area contributed by atoms with Crippen LogP contribution in [0.5, 0.6) is 0 Å². The molecular weight excluding hydrogens is 234 g/mol. The highest BCUT2D eigenvalue weighted by molar-refractivity contribution is 5.81. The van der Waals surface area contributed by atoms with Gasteiger partial charge in [-0.05, 0) is 36.6 Å². The Morgan fingerprint density at radius 3 is 2.47 bits per heavy atom. The number of ketones is 1. The monoisotopic (exact) mass is 253 g/mol. The van der Waals surface area contributed by atoms with Crippen molar-refractivity contribution in [1.82, 2.24) is 0 Å². The average Bonchev–Trinajstić information content (AvgIpc) is 2.38. The molecule has 0 atom stereocenters. The third-order valence-corrected chi connectivity index (χ3v) is 3.16. The van der Waals surface area contributed by atoms with E-state index in [-0.39, 0.29) is 5.78 Å². The van der Waals surface area contributed by atoms with Gasteiger partial charge in [0.1, 0.15) is 5.78 Å². The fourth-order valence-corrected chi connectivity index (χ4v) is 2.11. The summed E-state index contributed by atoms with van der Waals surface area (Å²) in [5, 5.41) is 0. The van der Waals surface area contributed by atoms with Crippen molar-refractivity contribution in [3.63, 3.8) is 0 Å². The number of benzene rings is 2. The SMILES string of the molecule is Cc1cccc(CC(=O)CCc2ccc(N)cc2)c1. The maximum Gasteiger partial charge on any atom is 0.137 e. The molecule has 2 aromatic carbocycles. The summed E-state index contributed by atoms with van der Waals surface area (Å²) in [5.74, 6) is 0.280. The summed E-state index contributed by atoms with van der Waals surface area (Å²) in [4.78, 5) is 11.9. The van der Waals surface area contributed by atoms with Crippen LogP contribution in [-0.4, -0.2) is 5.78 Å². The zero-order valence-corrected chi connectivity index (χ0v) is 11.2. The lowest BCUT2D eigenvalue weighted by molar-refractivity contribution is -0.118. The van der Waals surface area contributed by atoms with Gasteiger partial charge < -0.3 is 5.73 Å². The first-order chi connectivity index (χ1) is 9.13. The predicted molar refractivity (Wildman–Crippen MR) is 79.1 cm³/mol. The lowest BCUT2D eigenvalue weighted by Crippen LogP contribution is -2.04. The molecule has 2 heteroatoms. The number of nitrogens with two attached hydrogens (primary N) is 1. The zero-order chi connectivity index (χ0) is 13.7. The normalized spacial score (nSPS) is 10.4. The lowest BCUT2D eigenvalue weighted by Gasteiger charge is -2.03. The Balaban J connectivity index is 1.86. The van der Waals surface area contributed by atoms with Gasteiger partial charge in [-0.3, -0.25) is 4.79 Å². The zero-order valence-electron chi connectivity index (χ0n) is 11.2. The van der Waals surface area contributed by atoms with Crippen molar-refractivity contribution in [2.24, 2.45) is 0 Å². The molecule has 0 aliphatic rings.